The van der Waals surface area contributed by atoms with Gasteiger partial charge in [-0.1, -0.05) is 31.2 Å². The van der Waals surface area contributed by atoms with E-state index < -0.39 is 0 Å². The predicted molar refractivity (Wildman–Crippen MR) is 108 cm³/mol. The van der Waals surface area contributed by atoms with Crippen molar-refractivity contribution < 1.29 is 9.53 Å². The van der Waals surface area contributed by atoms with Gasteiger partial charge in [-0.2, -0.15) is 0 Å². The van der Waals surface area contributed by atoms with Crippen LogP contribution in [0.3, 0.4) is 0 Å². The molecule has 0 amide bonds. The molecule has 0 aliphatic rings. The van der Waals surface area contributed by atoms with E-state index in [2.05, 4.69) is 29.4 Å². The van der Waals surface area contributed by atoms with Crippen molar-refractivity contribution in [3.63, 3.8) is 0 Å². The molecule has 0 radical (unpaired) electrons. The third-order valence-electron chi connectivity index (χ3n) is 3.41. The fourth-order valence-electron chi connectivity index (χ4n) is 2.10. The lowest BCUT2D eigenvalue weighted by atomic mass is 10.1. The van der Waals surface area contributed by atoms with Crippen LogP contribution < -0.4 is 11.1 Å². The van der Waals surface area contributed by atoms with Crippen molar-refractivity contribution in [2.75, 3.05) is 12.4 Å². The van der Waals surface area contributed by atoms with Crippen LogP contribution in [0.2, 0.25) is 0 Å². The molecule has 2 aromatic carbocycles. The third-order valence-corrected chi connectivity index (χ3v) is 3.41. The number of carbonyl (C=O) groups excluding carboxylic acids is 1. The molecule has 5 nitrogen and oxygen atoms in total. The molecule has 3 N–H and O–H groups in total. The predicted octanol–water partition coefficient (Wildman–Crippen LogP) is 3.58. The minimum absolute atomic E-state index is 0. The average molecular weight is 439 g/mol. The Morgan fingerprint density at radius 1 is 1.17 bits per heavy atom. The summed E-state index contributed by atoms with van der Waals surface area (Å²) >= 11 is 0. The number of halogens is 1. The van der Waals surface area contributed by atoms with Crippen LogP contribution in [-0.2, 0) is 17.7 Å². The highest BCUT2D eigenvalue weighted by Gasteiger charge is 2.05. The highest BCUT2D eigenvalue weighted by molar-refractivity contribution is 14.0. The maximum atomic E-state index is 11.5. The lowest BCUT2D eigenvalue weighted by Gasteiger charge is -2.07. The highest BCUT2D eigenvalue weighted by atomic mass is 127. The second-order valence-electron chi connectivity index (χ2n) is 5.07. The molecule has 0 aliphatic carbocycles. The Hall–Kier alpha value is -2.09. The van der Waals surface area contributed by atoms with Gasteiger partial charge in [-0.25, -0.2) is 9.79 Å². The molecule has 2 rings (SSSR count). The van der Waals surface area contributed by atoms with E-state index in [1.54, 1.807) is 18.2 Å². The van der Waals surface area contributed by atoms with Crippen LogP contribution in [-0.4, -0.2) is 19.0 Å². The van der Waals surface area contributed by atoms with E-state index >= 15 is 0 Å². The molecule has 0 fully saturated rings. The van der Waals surface area contributed by atoms with Crippen molar-refractivity contribution in [2.24, 2.45) is 10.7 Å². The monoisotopic (exact) mass is 439 g/mol. The number of guanidine groups is 1. The number of nitrogens with two attached hydrogens (primary N) is 1. The second-order valence-corrected chi connectivity index (χ2v) is 5.07. The molecule has 0 atom stereocenters. The maximum absolute atomic E-state index is 11.5. The third kappa shape index (κ3) is 5.84. The first kappa shape index (κ1) is 20.0. The van der Waals surface area contributed by atoms with Crippen LogP contribution in [0.1, 0.15) is 28.4 Å². The lowest BCUT2D eigenvalue weighted by molar-refractivity contribution is 0.0600. The van der Waals surface area contributed by atoms with Gasteiger partial charge in [0, 0.05) is 5.69 Å². The summed E-state index contributed by atoms with van der Waals surface area (Å²) in [6, 6.07) is 15.2. The van der Waals surface area contributed by atoms with Crippen molar-refractivity contribution in [2.45, 2.75) is 19.9 Å². The zero-order valence-corrected chi connectivity index (χ0v) is 16.1. The fraction of sp³-hybridized carbons (Fsp3) is 0.222. The van der Waals surface area contributed by atoms with Crippen molar-refractivity contribution in [1.29, 1.82) is 0 Å². The van der Waals surface area contributed by atoms with E-state index in [0.29, 0.717) is 18.1 Å². The molecule has 24 heavy (non-hydrogen) atoms. The molecule has 0 saturated heterocycles. The van der Waals surface area contributed by atoms with Crippen LogP contribution in [0.15, 0.2) is 53.5 Å². The topological polar surface area (TPSA) is 76.7 Å². The zero-order valence-electron chi connectivity index (χ0n) is 13.8. The Labute approximate surface area is 159 Å². The summed E-state index contributed by atoms with van der Waals surface area (Å²) in [7, 11) is 1.36. The minimum atomic E-state index is -0.363. The first-order chi connectivity index (χ1) is 11.1. The van der Waals surface area contributed by atoms with Gasteiger partial charge < -0.3 is 15.8 Å². The van der Waals surface area contributed by atoms with Crippen molar-refractivity contribution in [3.05, 3.63) is 65.2 Å². The minimum Gasteiger partial charge on any atom is -0.465 e. The van der Waals surface area contributed by atoms with Gasteiger partial charge in [0.25, 0.3) is 0 Å². The summed E-state index contributed by atoms with van der Waals surface area (Å²) in [5.74, 6) is -0.0318. The molecule has 0 aliphatic heterocycles. The number of esters is 1. The number of anilines is 1. The first-order valence-corrected chi connectivity index (χ1v) is 7.45. The van der Waals surface area contributed by atoms with E-state index in [0.717, 1.165) is 17.7 Å². The number of methoxy groups -OCH3 is 1. The Bertz CT molecular complexity index is 700. The quantitative estimate of drug-likeness (QED) is 0.323. The standard InChI is InChI=1S/C18H21N3O2.HI/c1-3-13-7-9-16(10-8-13)21-18(19)20-12-14-5-4-6-15(11-14)17(22)23-2;/h4-11H,3,12H2,1-2H3,(H3,19,20,21);1H. The summed E-state index contributed by atoms with van der Waals surface area (Å²) in [5.41, 5.74) is 9.45. The molecule has 0 saturated carbocycles. The van der Waals surface area contributed by atoms with Crippen molar-refractivity contribution in [3.8, 4) is 0 Å². The molecular formula is C18H22IN3O2. The largest absolute Gasteiger partial charge is 0.465 e. The number of nitrogens with one attached hydrogen (secondary N) is 1. The van der Waals surface area contributed by atoms with Gasteiger partial charge in [0.2, 0.25) is 0 Å². The average Bonchev–Trinajstić information content (AvgIpc) is 2.60. The van der Waals surface area contributed by atoms with Gasteiger partial charge in [-0.05, 0) is 41.8 Å². The van der Waals surface area contributed by atoms with E-state index in [-0.39, 0.29) is 29.9 Å². The van der Waals surface area contributed by atoms with Gasteiger partial charge >= 0.3 is 5.97 Å². The molecule has 128 valence electrons. The van der Waals surface area contributed by atoms with Crippen molar-refractivity contribution >= 4 is 41.6 Å². The van der Waals surface area contributed by atoms with Gasteiger partial charge in [0.15, 0.2) is 5.96 Å². The number of aliphatic imine (C=N–C) groups is 1. The number of nitrogens with zero attached hydrogens (tertiary/aromatic N) is 1. The van der Waals surface area contributed by atoms with Crippen LogP contribution in [0.4, 0.5) is 5.69 Å². The van der Waals surface area contributed by atoms with E-state index in [4.69, 9.17) is 10.5 Å². The number of ether oxygens (including phenoxy) is 1. The van der Waals surface area contributed by atoms with E-state index in [1.165, 1.54) is 12.7 Å². The zero-order chi connectivity index (χ0) is 16.7. The van der Waals surface area contributed by atoms with Gasteiger partial charge in [-0.3, -0.25) is 0 Å². The molecule has 0 bridgehead atoms. The lowest BCUT2D eigenvalue weighted by Crippen LogP contribution is -2.22. The highest BCUT2D eigenvalue weighted by Crippen LogP contribution is 2.10. The number of hydrogen-bond acceptors (Lipinski definition) is 3. The molecule has 0 aromatic heterocycles. The summed E-state index contributed by atoms with van der Waals surface area (Å²) in [4.78, 5) is 15.8. The number of benzene rings is 2. The molecule has 2 aromatic rings. The Morgan fingerprint density at radius 2 is 1.88 bits per heavy atom. The van der Waals surface area contributed by atoms with Crippen LogP contribution >= 0.6 is 24.0 Å². The molecular weight excluding hydrogens is 417 g/mol. The molecule has 0 spiro atoms. The Morgan fingerprint density at radius 3 is 2.50 bits per heavy atom. The van der Waals surface area contributed by atoms with Crippen LogP contribution in [0.25, 0.3) is 0 Å². The van der Waals surface area contributed by atoms with E-state index in [9.17, 15) is 4.79 Å². The van der Waals surface area contributed by atoms with Gasteiger partial charge in [0.05, 0.1) is 19.2 Å². The molecule has 0 heterocycles. The van der Waals surface area contributed by atoms with E-state index in [1.807, 2.05) is 18.2 Å². The number of rotatable bonds is 5. The number of hydrogen-bond donors (Lipinski definition) is 2. The summed E-state index contributed by atoms with van der Waals surface area (Å²) < 4.78 is 4.70. The fourth-order valence-corrected chi connectivity index (χ4v) is 2.10. The van der Waals surface area contributed by atoms with Crippen molar-refractivity contribution in [1.82, 2.24) is 0 Å². The summed E-state index contributed by atoms with van der Waals surface area (Å²) in [6.07, 6.45) is 1.00. The second kappa shape index (κ2) is 9.92. The Kier molecular flexibility index (Phi) is 8.25. The maximum Gasteiger partial charge on any atom is 0.337 e. The normalized spacial score (nSPS) is 10.7. The number of carbonyl (C=O) groups is 1. The summed E-state index contributed by atoms with van der Waals surface area (Å²) in [5, 5.41) is 3.05. The molecule has 6 heteroatoms. The molecule has 0 unspecified atom stereocenters. The Balaban J connectivity index is 0.00000288. The SMILES string of the molecule is CCc1ccc(NC(N)=NCc2cccc(C(=O)OC)c2)cc1.I. The summed E-state index contributed by atoms with van der Waals surface area (Å²) in [6.45, 7) is 2.50. The van der Waals surface area contributed by atoms with Crippen LogP contribution in [0, 0.1) is 0 Å². The number of aryl methyl sites for hydroxylation is 1. The smallest absolute Gasteiger partial charge is 0.337 e. The van der Waals surface area contributed by atoms with Gasteiger partial charge in [-0.15, -0.1) is 24.0 Å². The van der Waals surface area contributed by atoms with Crippen LogP contribution in [0.5, 0.6) is 0 Å². The first-order valence-electron chi connectivity index (χ1n) is 7.45. The van der Waals surface area contributed by atoms with Gasteiger partial charge in [0.1, 0.15) is 0 Å².